The van der Waals surface area contributed by atoms with Gasteiger partial charge in [-0.1, -0.05) is 30.3 Å². The second kappa shape index (κ2) is 9.88. The van der Waals surface area contributed by atoms with Crippen LogP contribution in [0.1, 0.15) is 53.0 Å². The zero-order valence-corrected chi connectivity index (χ0v) is 20.1. The highest BCUT2D eigenvalue weighted by Crippen LogP contribution is 2.41. The molecule has 2 saturated heterocycles. The maximum atomic E-state index is 15.0. The number of aliphatic hydroxyl groups excluding tert-OH is 1. The summed E-state index contributed by atoms with van der Waals surface area (Å²) in [6.07, 6.45) is 0.237. The fraction of sp³-hybridized carbons (Fsp3) is 0.577. The SMILES string of the molecule is O=C(Cn1nc(C(=O)N2CC[C@H](O)[C@H](F)C2)c2c1CCC2)N1CCC(C(F)(F)c2ccccc2)CC1. The van der Waals surface area contributed by atoms with Crippen molar-refractivity contribution in [3.63, 3.8) is 0 Å². The van der Waals surface area contributed by atoms with E-state index in [0.717, 1.165) is 17.7 Å². The van der Waals surface area contributed by atoms with Crippen LogP contribution in [0.5, 0.6) is 0 Å². The van der Waals surface area contributed by atoms with E-state index in [1.54, 1.807) is 27.8 Å². The van der Waals surface area contributed by atoms with Crippen molar-refractivity contribution in [2.75, 3.05) is 26.2 Å². The minimum Gasteiger partial charge on any atom is -0.390 e. The van der Waals surface area contributed by atoms with Crippen LogP contribution < -0.4 is 0 Å². The number of nitrogens with zero attached hydrogens (tertiary/aromatic N) is 4. The summed E-state index contributed by atoms with van der Waals surface area (Å²) in [6, 6.07) is 7.80. The van der Waals surface area contributed by atoms with Crippen molar-refractivity contribution < 1.29 is 27.9 Å². The van der Waals surface area contributed by atoms with E-state index in [1.165, 1.54) is 17.0 Å². The molecular weight excluding hydrogens is 473 g/mol. The van der Waals surface area contributed by atoms with Gasteiger partial charge < -0.3 is 14.9 Å². The Hall–Kier alpha value is -2.88. The highest BCUT2D eigenvalue weighted by atomic mass is 19.3. The number of alkyl halides is 3. The Kier molecular flexibility index (Phi) is 6.80. The summed E-state index contributed by atoms with van der Waals surface area (Å²) < 4.78 is 45.5. The molecule has 0 spiro atoms. The maximum Gasteiger partial charge on any atom is 0.276 e. The number of carbonyl (C=O) groups is 2. The normalized spacial score (nSPS) is 23.1. The zero-order chi connectivity index (χ0) is 25.4. The lowest BCUT2D eigenvalue weighted by molar-refractivity contribution is -0.137. The topological polar surface area (TPSA) is 78.7 Å². The molecule has 3 aliphatic rings. The van der Waals surface area contributed by atoms with Crippen molar-refractivity contribution in [1.82, 2.24) is 19.6 Å². The third-order valence-electron chi connectivity index (χ3n) is 7.81. The molecule has 3 heterocycles. The number of halogens is 3. The molecule has 2 aliphatic heterocycles. The minimum absolute atomic E-state index is 0.00127. The predicted molar refractivity (Wildman–Crippen MR) is 125 cm³/mol. The Morgan fingerprint density at radius 1 is 1.03 bits per heavy atom. The number of fused-ring (bicyclic) bond motifs is 1. The van der Waals surface area contributed by atoms with Crippen molar-refractivity contribution in [2.45, 2.75) is 63.3 Å². The number of benzene rings is 1. The van der Waals surface area contributed by atoms with Crippen LogP contribution in [0.25, 0.3) is 0 Å². The molecule has 36 heavy (non-hydrogen) atoms. The number of carbonyl (C=O) groups excluding carboxylic acids is 2. The van der Waals surface area contributed by atoms with E-state index in [2.05, 4.69) is 5.10 Å². The van der Waals surface area contributed by atoms with Gasteiger partial charge in [0.15, 0.2) is 5.69 Å². The fourth-order valence-corrected chi connectivity index (χ4v) is 5.65. The molecule has 2 fully saturated rings. The molecule has 0 radical (unpaired) electrons. The van der Waals surface area contributed by atoms with Gasteiger partial charge in [0.1, 0.15) is 12.7 Å². The van der Waals surface area contributed by atoms with Crippen molar-refractivity contribution in [2.24, 2.45) is 5.92 Å². The highest BCUT2D eigenvalue weighted by molar-refractivity contribution is 5.94. The monoisotopic (exact) mass is 504 g/mol. The number of amides is 2. The summed E-state index contributed by atoms with van der Waals surface area (Å²) >= 11 is 0. The van der Waals surface area contributed by atoms with Crippen molar-refractivity contribution in [1.29, 1.82) is 0 Å². The van der Waals surface area contributed by atoms with Crippen LogP contribution in [0.15, 0.2) is 30.3 Å². The van der Waals surface area contributed by atoms with E-state index >= 15 is 0 Å². The van der Waals surface area contributed by atoms with Crippen LogP contribution in [-0.4, -0.2) is 75.0 Å². The van der Waals surface area contributed by atoms with Crippen LogP contribution in [0.3, 0.4) is 0 Å². The third-order valence-corrected chi connectivity index (χ3v) is 7.81. The van der Waals surface area contributed by atoms with Gasteiger partial charge in [-0.3, -0.25) is 14.3 Å². The fourth-order valence-electron chi connectivity index (χ4n) is 5.65. The van der Waals surface area contributed by atoms with E-state index in [0.29, 0.717) is 12.8 Å². The van der Waals surface area contributed by atoms with E-state index in [1.807, 2.05) is 0 Å². The quantitative estimate of drug-likeness (QED) is 0.679. The summed E-state index contributed by atoms with van der Waals surface area (Å²) in [7, 11) is 0. The summed E-state index contributed by atoms with van der Waals surface area (Å²) in [6.45, 7) is 0.511. The number of aromatic nitrogens is 2. The second-order valence-corrected chi connectivity index (χ2v) is 10.1. The molecule has 10 heteroatoms. The Labute approximate surface area is 207 Å². The zero-order valence-electron chi connectivity index (χ0n) is 20.1. The van der Waals surface area contributed by atoms with Gasteiger partial charge in [0, 0.05) is 42.4 Å². The van der Waals surface area contributed by atoms with Gasteiger partial charge in [-0.25, -0.2) is 13.2 Å². The number of piperidine rings is 2. The summed E-state index contributed by atoms with van der Waals surface area (Å²) in [5.41, 5.74) is 1.89. The van der Waals surface area contributed by atoms with Crippen LogP contribution in [-0.2, 0) is 30.1 Å². The van der Waals surface area contributed by atoms with Crippen molar-refractivity contribution >= 4 is 11.8 Å². The molecule has 0 saturated carbocycles. The molecule has 2 amide bonds. The average Bonchev–Trinajstić information content (AvgIpc) is 3.50. The molecule has 5 rings (SSSR count). The lowest BCUT2D eigenvalue weighted by Crippen LogP contribution is -2.47. The Morgan fingerprint density at radius 3 is 2.42 bits per heavy atom. The minimum atomic E-state index is -2.95. The number of rotatable bonds is 5. The summed E-state index contributed by atoms with van der Waals surface area (Å²) in [4.78, 5) is 29.1. The molecule has 2 aromatic rings. The van der Waals surface area contributed by atoms with E-state index in [9.17, 15) is 27.9 Å². The van der Waals surface area contributed by atoms with E-state index in [-0.39, 0.29) is 75.1 Å². The first-order valence-corrected chi connectivity index (χ1v) is 12.7. The van der Waals surface area contributed by atoms with Gasteiger partial charge in [-0.05, 0) is 38.5 Å². The molecule has 1 aromatic carbocycles. The van der Waals surface area contributed by atoms with Gasteiger partial charge in [-0.2, -0.15) is 5.10 Å². The lowest BCUT2D eigenvalue weighted by atomic mass is 9.86. The largest absolute Gasteiger partial charge is 0.390 e. The van der Waals surface area contributed by atoms with Crippen LogP contribution in [0, 0.1) is 5.92 Å². The summed E-state index contributed by atoms with van der Waals surface area (Å²) in [5.74, 6) is -4.36. The molecule has 0 unspecified atom stereocenters. The molecular formula is C26H31F3N4O3. The Morgan fingerprint density at radius 2 is 1.72 bits per heavy atom. The molecule has 1 N–H and O–H groups in total. The second-order valence-electron chi connectivity index (χ2n) is 10.1. The molecule has 1 aromatic heterocycles. The number of hydrogen-bond donors (Lipinski definition) is 1. The first-order valence-electron chi connectivity index (χ1n) is 12.7. The Balaban J connectivity index is 1.24. The molecule has 1 aliphatic carbocycles. The smallest absolute Gasteiger partial charge is 0.276 e. The van der Waals surface area contributed by atoms with Crippen molar-refractivity contribution in [3.8, 4) is 0 Å². The number of likely N-dealkylation sites (tertiary alicyclic amines) is 2. The predicted octanol–water partition coefficient (Wildman–Crippen LogP) is 2.95. The molecule has 194 valence electrons. The van der Waals surface area contributed by atoms with Gasteiger partial charge >= 0.3 is 0 Å². The van der Waals surface area contributed by atoms with Gasteiger partial charge in [0.25, 0.3) is 11.8 Å². The van der Waals surface area contributed by atoms with Crippen LogP contribution >= 0.6 is 0 Å². The first-order chi connectivity index (χ1) is 17.3. The standard InChI is InChI=1S/C26H31F3N4O3/c27-20-15-32(14-11-22(20)34)25(36)24-19-7-4-8-21(19)33(30-24)16-23(35)31-12-9-18(10-13-31)26(28,29)17-5-2-1-3-6-17/h1-3,5-6,18,20,22,34H,4,7-16H2/t20-,22+/m1/s1. The molecule has 2 atom stereocenters. The number of hydrogen-bond acceptors (Lipinski definition) is 4. The van der Waals surface area contributed by atoms with Gasteiger partial charge in [-0.15, -0.1) is 0 Å². The lowest BCUT2D eigenvalue weighted by Gasteiger charge is -2.36. The van der Waals surface area contributed by atoms with Crippen molar-refractivity contribution in [3.05, 3.63) is 52.8 Å². The van der Waals surface area contributed by atoms with Gasteiger partial charge in [0.2, 0.25) is 5.91 Å². The Bertz CT molecular complexity index is 1120. The highest BCUT2D eigenvalue weighted by Gasteiger charge is 2.43. The van der Waals surface area contributed by atoms with E-state index in [4.69, 9.17) is 0 Å². The maximum absolute atomic E-state index is 15.0. The van der Waals surface area contributed by atoms with E-state index < -0.39 is 24.1 Å². The summed E-state index contributed by atoms with van der Waals surface area (Å²) in [5, 5.41) is 14.1. The third kappa shape index (κ3) is 4.63. The first kappa shape index (κ1) is 24.8. The van der Waals surface area contributed by atoms with Crippen LogP contribution in [0.4, 0.5) is 13.2 Å². The van der Waals surface area contributed by atoms with Gasteiger partial charge in [0.05, 0.1) is 12.6 Å². The molecule has 0 bridgehead atoms. The average molecular weight is 505 g/mol. The number of aliphatic hydroxyl groups is 1. The van der Waals surface area contributed by atoms with Crippen LogP contribution in [0.2, 0.25) is 0 Å². The molecule has 7 nitrogen and oxygen atoms in total.